The Morgan fingerprint density at radius 3 is 2.75 bits per heavy atom. The van der Waals surface area contributed by atoms with E-state index in [4.69, 9.17) is 0 Å². The molecule has 0 aliphatic heterocycles. The molecule has 92 valence electrons. The predicted molar refractivity (Wildman–Crippen MR) is 55.2 cm³/mol. The first-order chi connectivity index (χ1) is 7.38. The molecule has 16 heavy (non-hydrogen) atoms. The lowest BCUT2D eigenvalue weighted by molar-refractivity contribution is -0.124. The fourth-order valence-electron chi connectivity index (χ4n) is 1.02. The number of aromatic nitrogens is 3. The van der Waals surface area contributed by atoms with Crippen molar-refractivity contribution in [3.8, 4) is 0 Å². The summed E-state index contributed by atoms with van der Waals surface area (Å²) in [5, 5.41) is 10.6. The van der Waals surface area contributed by atoms with E-state index in [1.807, 2.05) is 6.92 Å². The third-order valence-corrected chi connectivity index (χ3v) is 2.88. The molecule has 8 heteroatoms. The van der Waals surface area contributed by atoms with Gasteiger partial charge in [-0.25, -0.2) is 0 Å². The summed E-state index contributed by atoms with van der Waals surface area (Å²) >= 11 is 1.39. The lowest BCUT2D eigenvalue weighted by atomic mass is 10.4. The first-order valence-corrected chi connectivity index (χ1v) is 5.54. The second-order valence-corrected chi connectivity index (χ2v) is 4.80. The molecule has 1 heterocycles. The van der Waals surface area contributed by atoms with E-state index in [2.05, 4.69) is 15.5 Å². The van der Waals surface area contributed by atoms with Gasteiger partial charge in [0.05, 0.1) is 6.54 Å². The highest BCUT2D eigenvalue weighted by Crippen LogP contribution is 2.19. The van der Waals surface area contributed by atoms with Crippen LogP contribution in [0.15, 0.2) is 11.5 Å². The standard InChI is InChI=1S/C8H13F3N4S/c1-6(3-12-4-8(9,10)11)16-7-14-13-5-15(7)2/h5-6,12H,3-4H2,1-2H3. The van der Waals surface area contributed by atoms with Crippen LogP contribution in [-0.2, 0) is 7.05 Å². The SMILES string of the molecule is CC(CNCC(F)(F)F)Sc1nncn1C. The molecule has 4 nitrogen and oxygen atoms in total. The Hall–Kier alpha value is -0.760. The molecule has 0 bridgehead atoms. The summed E-state index contributed by atoms with van der Waals surface area (Å²) < 4.78 is 37.3. The molecule has 0 saturated heterocycles. The van der Waals surface area contributed by atoms with Crippen LogP contribution in [0.5, 0.6) is 0 Å². The first kappa shape index (κ1) is 13.3. The van der Waals surface area contributed by atoms with Gasteiger partial charge in [0, 0.05) is 18.8 Å². The van der Waals surface area contributed by atoms with Crippen LogP contribution in [0.2, 0.25) is 0 Å². The smallest absolute Gasteiger partial charge is 0.312 e. The number of rotatable bonds is 5. The lowest BCUT2D eigenvalue weighted by Gasteiger charge is -2.12. The van der Waals surface area contributed by atoms with Crippen molar-refractivity contribution < 1.29 is 13.2 Å². The van der Waals surface area contributed by atoms with Gasteiger partial charge in [-0.1, -0.05) is 18.7 Å². The third kappa shape index (κ3) is 4.84. The number of alkyl halides is 3. The van der Waals surface area contributed by atoms with Gasteiger partial charge in [-0.3, -0.25) is 0 Å². The van der Waals surface area contributed by atoms with Crippen LogP contribution in [0.25, 0.3) is 0 Å². The van der Waals surface area contributed by atoms with Gasteiger partial charge in [-0.15, -0.1) is 10.2 Å². The largest absolute Gasteiger partial charge is 0.401 e. The minimum Gasteiger partial charge on any atom is -0.312 e. The molecule has 1 aromatic rings. The highest BCUT2D eigenvalue weighted by Gasteiger charge is 2.26. The van der Waals surface area contributed by atoms with Gasteiger partial charge in [-0.05, 0) is 0 Å². The summed E-state index contributed by atoms with van der Waals surface area (Å²) in [6, 6.07) is 0. The van der Waals surface area contributed by atoms with Crippen molar-refractivity contribution in [1.29, 1.82) is 0 Å². The molecular formula is C8H13F3N4S. The molecule has 0 aliphatic rings. The van der Waals surface area contributed by atoms with Gasteiger partial charge in [0.25, 0.3) is 0 Å². The molecule has 0 spiro atoms. The Morgan fingerprint density at radius 1 is 1.56 bits per heavy atom. The maximum atomic E-state index is 11.9. The van der Waals surface area contributed by atoms with Crippen molar-refractivity contribution in [3.63, 3.8) is 0 Å². The summed E-state index contributed by atoms with van der Waals surface area (Å²) in [4.78, 5) is 0. The zero-order valence-electron chi connectivity index (χ0n) is 8.95. The Bertz CT molecular complexity index is 325. The van der Waals surface area contributed by atoms with Gasteiger partial charge in [0.15, 0.2) is 5.16 Å². The van der Waals surface area contributed by atoms with Crippen LogP contribution in [0.4, 0.5) is 13.2 Å². The van der Waals surface area contributed by atoms with E-state index < -0.39 is 12.7 Å². The molecule has 1 atom stereocenters. The van der Waals surface area contributed by atoms with E-state index in [1.165, 1.54) is 11.8 Å². The van der Waals surface area contributed by atoms with Crippen LogP contribution >= 0.6 is 11.8 Å². The lowest BCUT2D eigenvalue weighted by Crippen LogP contribution is -2.32. The molecule has 1 N–H and O–H groups in total. The summed E-state index contributed by atoms with van der Waals surface area (Å²) in [5.74, 6) is 0. The molecule has 1 unspecified atom stereocenters. The highest BCUT2D eigenvalue weighted by atomic mass is 32.2. The number of hydrogen-bond donors (Lipinski definition) is 1. The fourth-order valence-corrected chi connectivity index (χ4v) is 1.89. The Morgan fingerprint density at radius 2 is 2.25 bits per heavy atom. The van der Waals surface area contributed by atoms with E-state index in [1.54, 1.807) is 17.9 Å². The van der Waals surface area contributed by atoms with E-state index in [0.717, 1.165) is 0 Å². The van der Waals surface area contributed by atoms with Crippen LogP contribution in [0.1, 0.15) is 6.92 Å². The van der Waals surface area contributed by atoms with Gasteiger partial charge in [0.2, 0.25) is 0 Å². The maximum Gasteiger partial charge on any atom is 0.401 e. The second kappa shape index (κ2) is 5.53. The maximum absolute atomic E-state index is 11.9. The van der Waals surface area contributed by atoms with Crippen molar-refractivity contribution in [2.75, 3.05) is 13.1 Å². The average molecular weight is 254 g/mol. The topological polar surface area (TPSA) is 42.7 Å². The van der Waals surface area contributed by atoms with Crippen molar-refractivity contribution in [3.05, 3.63) is 6.33 Å². The van der Waals surface area contributed by atoms with E-state index >= 15 is 0 Å². The number of hydrogen-bond acceptors (Lipinski definition) is 4. The molecule has 0 radical (unpaired) electrons. The molecule has 1 aromatic heterocycles. The summed E-state index contributed by atoms with van der Waals surface area (Å²) in [7, 11) is 1.79. The Kier molecular flexibility index (Phi) is 4.60. The summed E-state index contributed by atoms with van der Waals surface area (Å²) in [6.45, 7) is 1.15. The van der Waals surface area contributed by atoms with Gasteiger partial charge < -0.3 is 9.88 Å². The van der Waals surface area contributed by atoms with Crippen molar-refractivity contribution in [2.24, 2.45) is 7.05 Å². The van der Waals surface area contributed by atoms with Gasteiger partial charge in [0.1, 0.15) is 6.33 Å². The number of halogens is 3. The Balaban J connectivity index is 2.26. The average Bonchev–Trinajstić information content (AvgIpc) is 2.49. The zero-order valence-corrected chi connectivity index (χ0v) is 9.77. The van der Waals surface area contributed by atoms with Crippen LogP contribution in [-0.4, -0.2) is 39.3 Å². The predicted octanol–water partition coefficient (Wildman–Crippen LogP) is 1.45. The van der Waals surface area contributed by atoms with E-state index in [0.29, 0.717) is 5.16 Å². The first-order valence-electron chi connectivity index (χ1n) is 4.66. The molecule has 0 saturated carbocycles. The highest BCUT2D eigenvalue weighted by molar-refractivity contribution is 7.99. The third-order valence-electron chi connectivity index (χ3n) is 1.73. The molecule has 0 fully saturated rings. The minimum atomic E-state index is -4.16. The molecule has 0 aliphatic carbocycles. The molecular weight excluding hydrogens is 241 g/mol. The quantitative estimate of drug-likeness (QED) is 0.808. The van der Waals surface area contributed by atoms with Crippen LogP contribution in [0, 0.1) is 0 Å². The zero-order chi connectivity index (χ0) is 12.2. The number of thioether (sulfide) groups is 1. The molecule has 0 aromatic carbocycles. The van der Waals surface area contributed by atoms with Gasteiger partial charge in [-0.2, -0.15) is 13.2 Å². The van der Waals surface area contributed by atoms with Gasteiger partial charge >= 0.3 is 6.18 Å². The number of nitrogens with one attached hydrogen (secondary N) is 1. The number of aryl methyl sites for hydroxylation is 1. The van der Waals surface area contributed by atoms with E-state index in [-0.39, 0.29) is 11.8 Å². The fraction of sp³-hybridized carbons (Fsp3) is 0.750. The number of nitrogens with zero attached hydrogens (tertiary/aromatic N) is 3. The summed E-state index contributed by atoms with van der Waals surface area (Å²) in [6.07, 6.45) is -2.60. The van der Waals surface area contributed by atoms with Crippen molar-refractivity contribution >= 4 is 11.8 Å². The molecule has 0 amide bonds. The normalized spacial score (nSPS) is 14.1. The van der Waals surface area contributed by atoms with E-state index in [9.17, 15) is 13.2 Å². The summed E-state index contributed by atoms with van der Waals surface area (Å²) in [5.41, 5.74) is 0. The van der Waals surface area contributed by atoms with Crippen LogP contribution < -0.4 is 5.32 Å². The molecule has 1 rings (SSSR count). The Labute approximate surface area is 95.6 Å². The second-order valence-electron chi connectivity index (χ2n) is 3.40. The monoisotopic (exact) mass is 254 g/mol. The van der Waals surface area contributed by atoms with Crippen LogP contribution in [0.3, 0.4) is 0 Å². The van der Waals surface area contributed by atoms with Crippen molar-refractivity contribution in [1.82, 2.24) is 20.1 Å². The van der Waals surface area contributed by atoms with Crippen molar-refractivity contribution in [2.45, 2.75) is 23.5 Å². The minimum absolute atomic E-state index is 0.00486.